The second kappa shape index (κ2) is 8.19. The van der Waals surface area contributed by atoms with Crippen LogP contribution in [0.25, 0.3) is 0 Å². The van der Waals surface area contributed by atoms with Crippen molar-refractivity contribution < 1.29 is 14.3 Å². The maximum Gasteiger partial charge on any atom is 0.315 e. The van der Waals surface area contributed by atoms with Crippen LogP contribution in [0.3, 0.4) is 0 Å². The van der Waals surface area contributed by atoms with E-state index in [0.29, 0.717) is 18.4 Å². The van der Waals surface area contributed by atoms with Crippen LogP contribution in [0, 0.1) is 10.8 Å². The molecule has 0 aromatic heterocycles. The second-order valence-corrected chi connectivity index (χ2v) is 10.9. The van der Waals surface area contributed by atoms with Crippen LogP contribution in [0.5, 0.6) is 0 Å². The first-order valence-electron chi connectivity index (χ1n) is 9.99. The van der Waals surface area contributed by atoms with E-state index < -0.39 is 5.41 Å². The molecule has 2 heterocycles. The zero-order valence-electron chi connectivity index (χ0n) is 17.9. The minimum atomic E-state index is -0.478. The van der Waals surface area contributed by atoms with Crippen molar-refractivity contribution in [1.82, 2.24) is 16.0 Å². The van der Waals surface area contributed by atoms with Gasteiger partial charge in [0.15, 0.2) is 0 Å². The van der Waals surface area contributed by atoms with Crippen molar-refractivity contribution in [2.75, 3.05) is 18.9 Å². The monoisotopic (exact) mass is 399 g/mol. The van der Waals surface area contributed by atoms with Gasteiger partial charge in [0.05, 0.1) is 17.7 Å². The van der Waals surface area contributed by atoms with E-state index in [0.717, 1.165) is 18.6 Å². The molecule has 3 amide bonds. The number of carbonyl (C=O) groups excluding carboxylic acids is 2. The van der Waals surface area contributed by atoms with Crippen molar-refractivity contribution in [2.45, 2.75) is 84.2 Å². The summed E-state index contributed by atoms with van der Waals surface area (Å²) in [4.78, 5) is 24.5. The number of thioether (sulfide) groups is 1. The molecule has 2 aliphatic heterocycles. The summed E-state index contributed by atoms with van der Waals surface area (Å²) in [5.41, 5.74) is -0.780. The molecule has 3 N–H and O–H groups in total. The van der Waals surface area contributed by atoms with Gasteiger partial charge in [0, 0.05) is 29.6 Å². The SMILES string of the molecule is CCOC(C)(C)CCNC(=O)C(C)(C)CC(C)(C)C1SCC2NC(=O)NC21. The zero-order valence-corrected chi connectivity index (χ0v) is 18.7. The van der Waals surface area contributed by atoms with Crippen molar-refractivity contribution in [1.29, 1.82) is 0 Å². The quantitative estimate of drug-likeness (QED) is 0.521. The molecule has 2 fully saturated rings. The van der Waals surface area contributed by atoms with Crippen LogP contribution in [0.1, 0.15) is 61.3 Å². The number of rotatable bonds is 9. The number of urea groups is 1. The summed E-state index contributed by atoms with van der Waals surface area (Å²) >= 11 is 1.90. The van der Waals surface area contributed by atoms with Gasteiger partial charge in [-0.25, -0.2) is 4.79 Å². The minimum absolute atomic E-state index is 0.0694. The molecule has 2 saturated heterocycles. The van der Waals surface area contributed by atoms with Crippen molar-refractivity contribution in [2.24, 2.45) is 10.8 Å². The predicted molar refractivity (Wildman–Crippen MR) is 111 cm³/mol. The van der Waals surface area contributed by atoms with Crippen LogP contribution in [0.15, 0.2) is 0 Å². The van der Waals surface area contributed by atoms with E-state index in [-0.39, 0.29) is 35.0 Å². The smallest absolute Gasteiger partial charge is 0.315 e. The van der Waals surface area contributed by atoms with Crippen molar-refractivity contribution in [3.8, 4) is 0 Å². The number of ether oxygens (including phenoxy) is 1. The number of carbonyl (C=O) groups is 2. The Morgan fingerprint density at radius 1 is 1.22 bits per heavy atom. The lowest BCUT2D eigenvalue weighted by atomic mass is 9.71. The van der Waals surface area contributed by atoms with Crippen LogP contribution < -0.4 is 16.0 Å². The highest BCUT2D eigenvalue weighted by atomic mass is 32.2. The van der Waals surface area contributed by atoms with Gasteiger partial charge in [0.25, 0.3) is 0 Å². The first-order valence-corrected chi connectivity index (χ1v) is 11.0. The number of hydrogen-bond donors (Lipinski definition) is 3. The predicted octanol–water partition coefficient (Wildman–Crippen LogP) is 2.92. The second-order valence-electron chi connectivity index (χ2n) is 9.75. The lowest BCUT2D eigenvalue weighted by molar-refractivity contribution is -0.131. The fraction of sp³-hybridized carbons (Fsp3) is 0.900. The van der Waals surface area contributed by atoms with Gasteiger partial charge in [-0.1, -0.05) is 27.7 Å². The van der Waals surface area contributed by atoms with Gasteiger partial charge in [-0.3, -0.25) is 4.79 Å². The van der Waals surface area contributed by atoms with Crippen LogP contribution in [0.2, 0.25) is 0 Å². The molecule has 0 aromatic rings. The normalized spacial score (nSPS) is 25.7. The molecule has 2 rings (SSSR count). The summed E-state index contributed by atoms with van der Waals surface area (Å²) in [5.74, 6) is 1.01. The lowest BCUT2D eigenvalue weighted by Crippen LogP contribution is -2.48. The van der Waals surface area contributed by atoms with Gasteiger partial charge in [0.2, 0.25) is 5.91 Å². The van der Waals surface area contributed by atoms with Gasteiger partial charge in [-0.05, 0) is 39.0 Å². The van der Waals surface area contributed by atoms with E-state index in [2.05, 4.69) is 43.6 Å². The summed E-state index contributed by atoms with van der Waals surface area (Å²) < 4.78 is 5.70. The van der Waals surface area contributed by atoms with Crippen molar-refractivity contribution in [3.05, 3.63) is 0 Å². The van der Waals surface area contributed by atoms with Gasteiger partial charge < -0.3 is 20.7 Å². The molecule has 27 heavy (non-hydrogen) atoms. The lowest BCUT2D eigenvalue weighted by Gasteiger charge is -2.40. The average Bonchev–Trinajstić information content (AvgIpc) is 3.04. The van der Waals surface area contributed by atoms with E-state index in [1.807, 2.05) is 32.5 Å². The number of nitrogens with one attached hydrogen (secondary N) is 3. The first kappa shape index (κ1) is 22.3. The van der Waals surface area contributed by atoms with Crippen LogP contribution in [-0.2, 0) is 9.53 Å². The maximum atomic E-state index is 12.8. The zero-order chi connectivity index (χ0) is 20.5. The van der Waals surface area contributed by atoms with Crippen LogP contribution in [0.4, 0.5) is 4.79 Å². The standard InChI is InChI=1S/C20H37N3O3S/c1-8-26-20(6,7)9-10-21-16(24)19(4,5)12-18(2,3)15-14-13(11-27-15)22-17(25)23-14/h13-15H,8-12H2,1-7H3,(H,21,24)(H2,22,23,25). The number of fused-ring (bicyclic) bond motifs is 1. The molecule has 0 aliphatic carbocycles. The Morgan fingerprint density at radius 3 is 2.52 bits per heavy atom. The molecule has 3 unspecified atom stereocenters. The third-order valence-electron chi connectivity index (χ3n) is 5.66. The summed E-state index contributed by atoms with van der Waals surface area (Å²) in [6.07, 6.45) is 1.55. The topological polar surface area (TPSA) is 79.5 Å². The summed E-state index contributed by atoms with van der Waals surface area (Å²) in [6, 6.07) is 0.271. The summed E-state index contributed by atoms with van der Waals surface area (Å²) in [6.45, 7) is 15.8. The molecule has 7 heteroatoms. The third-order valence-corrected chi connectivity index (χ3v) is 7.50. The Morgan fingerprint density at radius 2 is 1.89 bits per heavy atom. The Labute approximate surface area is 168 Å². The molecule has 6 nitrogen and oxygen atoms in total. The Kier molecular flexibility index (Phi) is 6.78. The molecular weight excluding hydrogens is 362 g/mol. The molecule has 3 atom stereocenters. The van der Waals surface area contributed by atoms with Crippen molar-refractivity contribution in [3.63, 3.8) is 0 Å². The highest BCUT2D eigenvalue weighted by molar-refractivity contribution is 8.00. The molecular formula is C20H37N3O3S. The largest absolute Gasteiger partial charge is 0.376 e. The third kappa shape index (κ3) is 5.53. The maximum absolute atomic E-state index is 12.8. The molecule has 0 bridgehead atoms. The first-order chi connectivity index (χ1) is 12.4. The van der Waals surface area contributed by atoms with E-state index in [1.54, 1.807) is 0 Å². The minimum Gasteiger partial charge on any atom is -0.376 e. The van der Waals surface area contributed by atoms with Crippen LogP contribution >= 0.6 is 11.8 Å². The highest BCUT2D eigenvalue weighted by Crippen LogP contribution is 2.47. The number of hydrogen-bond acceptors (Lipinski definition) is 4. The van der Waals surface area contributed by atoms with E-state index in [9.17, 15) is 9.59 Å². The Bertz CT molecular complexity index is 563. The van der Waals surface area contributed by atoms with Gasteiger partial charge in [-0.2, -0.15) is 11.8 Å². The average molecular weight is 400 g/mol. The van der Waals surface area contributed by atoms with Crippen molar-refractivity contribution >= 4 is 23.7 Å². The molecule has 2 aliphatic rings. The molecule has 0 spiro atoms. The summed E-state index contributed by atoms with van der Waals surface area (Å²) in [7, 11) is 0. The molecule has 0 saturated carbocycles. The molecule has 156 valence electrons. The number of amides is 3. The van der Waals surface area contributed by atoms with Crippen LogP contribution in [-0.4, -0.2) is 53.8 Å². The van der Waals surface area contributed by atoms with E-state index in [4.69, 9.17) is 4.74 Å². The Hall–Kier alpha value is -0.950. The van der Waals surface area contributed by atoms with Gasteiger partial charge in [-0.15, -0.1) is 0 Å². The van der Waals surface area contributed by atoms with E-state index >= 15 is 0 Å². The molecule has 0 radical (unpaired) electrons. The van der Waals surface area contributed by atoms with Gasteiger partial charge in [0.1, 0.15) is 0 Å². The fourth-order valence-electron chi connectivity index (χ4n) is 4.51. The fourth-order valence-corrected chi connectivity index (χ4v) is 6.21. The summed E-state index contributed by atoms with van der Waals surface area (Å²) in [5, 5.41) is 9.45. The highest BCUT2D eigenvalue weighted by Gasteiger charge is 2.51. The van der Waals surface area contributed by atoms with Gasteiger partial charge >= 0.3 is 6.03 Å². The van der Waals surface area contributed by atoms with E-state index in [1.165, 1.54) is 0 Å². The molecule has 0 aromatic carbocycles. The Balaban J connectivity index is 1.91.